The Hall–Kier alpha value is -1.63. The highest BCUT2D eigenvalue weighted by Gasteiger charge is 2.09. The van der Waals surface area contributed by atoms with Crippen LogP contribution in [0.1, 0.15) is 6.92 Å². The summed E-state index contributed by atoms with van der Waals surface area (Å²) in [4.78, 5) is 25.3. The van der Waals surface area contributed by atoms with Gasteiger partial charge in [0.05, 0.1) is 6.10 Å². The first kappa shape index (κ1) is 10.5. The maximum atomic E-state index is 11.2. The SMILES string of the molecule is CC(O)CN(C)c1n[nH]c(=O)[nH]c1=O. The van der Waals surface area contributed by atoms with Crippen molar-refractivity contribution in [2.75, 3.05) is 18.5 Å². The second-order valence-corrected chi connectivity index (χ2v) is 3.06. The normalized spacial score (nSPS) is 12.5. The van der Waals surface area contributed by atoms with Crippen LogP contribution in [0.4, 0.5) is 5.82 Å². The van der Waals surface area contributed by atoms with E-state index in [0.717, 1.165) is 0 Å². The number of likely N-dealkylation sites (N-methyl/N-ethyl adjacent to an activating group) is 1. The fourth-order valence-corrected chi connectivity index (χ4v) is 1.08. The van der Waals surface area contributed by atoms with E-state index in [1.165, 1.54) is 4.90 Å². The lowest BCUT2D eigenvalue weighted by Crippen LogP contribution is -2.35. The van der Waals surface area contributed by atoms with E-state index in [9.17, 15) is 9.59 Å². The van der Waals surface area contributed by atoms with Gasteiger partial charge in [-0.05, 0) is 6.92 Å². The number of aliphatic hydroxyl groups is 1. The summed E-state index contributed by atoms with van der Waals surface area (Å²) in [6, 6.07) is 0. The molecule has 0 bridgehead atoms. The second-order valence-electron chi connectivity index (χ2n) is 3.06. The summed E-state index contributed by atoms with van der Waals surface area (Å²) >= 11 is 0. The van der Waals surface area contributed by atoms with Crippen molar-refractivity contribution in [3.05, 3.63) is 20.8 Å². The Kier molecular flexibility index (Phi) is 3.03. The molecule has 78 valence electrons. The van der Waals surface area contributed by atoms with Crippen LogP contribution in [0.15, 0.2) is 9.59 Å². The Morgan fingerprint density at radius 2 is 2.21 bits per heavy atom. The average Bonchev–Trinajstić information content (AvgIpc) is 2.01. The number of H-pyrrole nitrogens is 2. The zero-order valence-electron chi connectivity index (χ0n) is 7.94. The summed E-state index contributed by atoms with van der Waals surface area (Å²) in [5.41, 5.74) is -1.22. The summed E-state index contributed by atoms with van der Waals surface area (Å²) in [6.07, 6.45) is -0.576. The van der Waals surface area contributed by atoms with Crippen LogP contribution in [0.5, 0.6) is 0 Å². The van der Waals surface area contributed by atoms with Crippen molar-refractivity contribution in [2.24, 2.45) is 0 Å². The minimum Gasteiger partial charge on any atom is -0.392 e. The quantitative estimate of drug-likeness (QED) is 0.538. The van der Waals surface area contributed by atoms with E-state index in [0.29, 0.717) is 0 Å². The standard InChI is InChI=1S/C7H12N4O3/c1-4(12)3-11(2)5-6(13)8-7(14)10-9-5/h4,12H,3H2,1-2H3,(H2,8,10,13,14). The Balaban J connectivity index is 2.96. The number of aromatic nitrogens is 3. The maximum absolute atomic E-state index is 11.2. The molecule has 0 aliphatic rings. The monoisotopic (exact) mass is 200 g/mol. The van der Waals surface area contributed by atoms with Gasteiger partial charge in [0, 0.05) is 13.6 Å². The van der Waals surface area contributed by atoms with Crippen LogP contribution in [0, 0.1) is 0 Å². The van der Waals surface area contributed by atoms with Gasteiger partial charge in [-0.25, -0.2) is 9.89 Å². The molecule has 0 aromatic carbocycles. The summed E-state index contributed by atoms with van der Waals surface area (Å²) in [5.74, 6) is 0.0745. The van der Waals surface area contributed by atoms with E-state index in [4.69, 9.17) is 5.11 Å². The minimum absolute atomic E-state index is 0.0745. The van der Waals surface area contributed by atoms with Crippen LogP contribution in [-0.2, 0) is 0 Å². The third-order valence-electron chi connectivity index (χ3n) is 1.59. The molecule has 7 nitrogen and oxygen atoms in total. The van der Waals surface area contributed by atoms with E-state index in [2.05, 4.69) is 10.2 Å². The summed E-state index contributed by atoms with van der Waals surface area (Å²) in [7, 11) is 1.60. The molecule has 3 N–H and O–H groups in total. The molecule has 0 radical (unpaired) electrons. The van der Waals surface area contributed by atoms with Gasteiger partial charge in [-0.1, -0.05) is 0 Å². The number of nitrogens with one attached hydrogen (secondary N) is 2. The fourth-order valence-electron chi connectivity index (χ4n) is 1.08. The van der Waals surface area contributed by atoms with Crippen molar-refractivity contribution in [3.63, 3.8) is 0 Å². The van der Waals surface area contributed by atoms with E-state index >= 15 is 0 Å². The lowest BCUT2D eigenvalue weighted by molar-refractivity contribution is 0.201. The van der Waals surface area contributed by atoms with Crippen molar-refractivity contribution in [2.45, 2.75) is 13.0 Å². The molecule has 0 spiro atoms. The first-order valence-electron chi connectivity index (χ1n) is 4.09. The highest BCUT2D eigenvalue weighted by atomic mass is 16.3. The van der Waals surface area contributed by atoms with Gasteiger partial charge in [-0.3, -0.25) is 9.78 Å². The molecule has 0 fully saturated rings. The lowest BCUT2D eigenvalue weighted by Gasteiger charge is -2.17. The second kappa shape index (κ2) is 4.05. The molecule has 0 saturated heterocycles. The molecule has 0 aliphatic carbocycles. The van der Waals surface area contributed by atoms with Gasteiger partial charge < -0.3 is 10.0 Å². The molecule has 1 rings (SSSR count). The van der Waals surface area contributed by atoms with Gasteiger partial charge in [0.25, 0.3) is 5.56 Å². The Bertz CT molecular complexity index is 408. The first-order chi connectivity index (χ1) is 6.50. The third kappa shape index (κ3) is 2.43. The van der Waals surface area contributed by atoms with Gasteiger partial charge in [0.1, 0.15) is 0 Å². The summed E-state index contributed by atoms with van der Waals surface area (Å²) < 4.78 is 0. The molecule has 1 aromatic heterocycles. The van der Waals surface area contributed by atoms with Crippen molar-refractivity contribution in [1.29, 1.82) is 0 Å². The lowest BCUT2D eigenvalue weighted by atomic mass is 10.4. The van der Waals surface area contributed by atoms with Crippen molar-refractivity contribution < 1.29 is 5.11 Å². The maximum Gasteiger partial charge on any atom is 0.342 e. The highest BCUT2D eigenvalue weighted by Crippen LogP contribution is 1.97. The number of aromatic amines is 2. The van der Waals surface area contributed by atoms with Gasteiger partial charge in [-0.15, -0.1) is 5.10 Å². The largest absolute Gasteiger partial charge is 0.392 e. The minimum atomic E-state index is -0.649. The summed E-state index contributed by atoms with van der Waals surface area (Å²) in [5, 5.41) is 14.8. The summed E-state index contributed by atoms with van der Waals surface area (Å²) in [6.45, 7) is 1.86. The van der Waals surface area contributed by atoms with E-state index < -0.39 is 17.4 Å². The number of hydrogen-bond donors (Lipinski definition) is 3. The van der Waals surface area contributed by atoms with Crippen LogP contribution in [0.25, 0.3) is 0 Å². The van der Waals surface area contributed by atoms with E-state index in [1.807, 2.05) is 4.98 Å². The number of aliphatic hydroxyl groups excluding tert-OH is 1. The van der Waals surface area contributed by atoms with Crippen LogP contribution in [0.3, 0.4) is 0 Å². The van der Waals surface area contributed by atoms with Crippen molar-refractivity contribution >= 4 is 5.82 Å². The molecular formula is C7H12N4O3. The first-order valence-corrected chi connectivity index (χ1v) is 4.09. The molecule has 1 atom stereocenters. The molecule has 7 heteroatoms. The number of anilines is 1. The zero-order valence-corrected chi connectivity index (χ0v) is 7.94. The molecule has 0 saturated carbocycles. The predicted octanol–water partition coefficient (Wildman–Crippen LogP) is -1.72. The Labute approximate surface area is 79.4 Å². The van der Waals surface area contributed by atoms with Crippen LogP contribution < -0.4 is 16.1 Å². The zero-order chi connectivity index (χ0) is 10.7. The predicted molar refractivity (Wildman–Crippen MR) is 50.4 cm³/mol. The molecule has 1 aromatic rings. The topological polar surface area (TPSA) is 102 Å². The Morgan fingerprint density at radius 1 is 1.57 bits per heavy atom. The van der Waals surface area contributed by atoms with Gasteiger partial charge >= 0.3 is 5.69 Å². The average molecular weight is 200 g/mol. The number of nitrogens with zero attached hydrogens (tertiary/aromatic N) is 2. The van der Waals surface area contributed by atoms with Gasteiger partial charge in [-0.2, -0.15) is 0 Å². The molecule has 1 heterocycles. The number of hydrogen-bond acceptors (Lipinski definition) is 5. The number of rotatable bonds is 3. The molecule has 0 amide bonds. The molecule has 14 heavy (non-hydrogen) atoms. The van der Waals surface area contributed by atoms with E-state index in [1.54, 1.807) is 14.0 Å². The smallest absolute Gasteiger partial charge is 0.342 e. The van der Waals surface area contributed by atoms with Crippen molar-refractivity contribution in [3.8, 4) is 0 Å². The Morgan fingerprint density at radius 3 is 2.71 bits per heavy atom. The fraction of sp³-hybridized carbons (Fsp3) is 0.571. The van der Waals surface area contributed by atoms with Gasteiger partial charge in [0.15, 0.2) is 0 Å². The van der Waals surface area contributed by atoms with E-state index in [-0.39, 0.29) is 12.4 Å². The third-order valence-corrected chi connectivity index (χ3v) is 1.59. The molecule has 1 unspecified atom stereocenters. The van der Waals surface area contributed by atoms with Crippen LogP contribution in [-0.4, -0.2) is 40.0 Å². The van der Waals surface area contributed by atoms with Crippen LogP contribution in [0.2, 0.25) is 0 Å². The molecular weight excluding hydrogens is 188 g/mol. The van der Waals surface area contributed by atoms with Crippen LogP contribution >= 0.6 is 0 Å². The van der Waals surface area contributed by atoms with Gasteiger partial charge in [0.2, 0.25) is 5.82 Å². The molecule has 0 aliphatic heterocycles. The highest BCUT2D eigenvalue weighted by molar-refractivity contribution is 5.32. The van der Waals surface area contributed by atoms with Crippen molar-refractivity contribution in [1.82, 2.24) is 15.2 Å².